The lowest BCUT2D eigenvalue weighted by molar-refractivity contribution is -0.118. The summed E-state index contributed by atoms with van der Waals surface area (Å²) in [5, 5.41) is 2.89. The zero-order valence-electron chi connectivity index (χ0n) is 13.5. The zero-order valence-corrected chi connectivity index (χ0v) is 13.5. The Kier molecular flexibility index (Phi) is 4.71. The lowest BCUT2D eigenvalue weighted by Gasteiger charge is -2.14. The molecule has 0 saturated heterocycles. The molecule has 0 aliphatic carbocycles. The fourth-order valence-electron chi connectivity index (χ4n) is 2.39. The number of ether oxygens (including phenoxy) is 1. The molecule has 0 fully saturated rings. The Hall–Kier alpha value is -2.49. The van der Waals surface area contributed by atoms with Crippen molar-refractivity contribution in [3.8, 4) is 5.75 Å². The summed E-state index contributed by atoms with van der Waals surface area (Å²) in [6, 6.07) is 9.49. The summed E-state index contributed by atoms with van der Waals surface area (Å²) in [6.45, 7) is 7.82. The number of aryl methyl sites for hydroxylation is 3. The highest BCUT2D eigenvalue weighted by Gasteiger charge is 2.10. The minimum Gasteiger partial charge on any atom is -0.483 e. The summed E-state index contributed by atoms with van der Waals surface area (Å²) in [5.41, 5.74) is 11.4. The Balaban J connectivity index is 2.04. The third-order valence-electron chi connectivity index (χ3n) is 3.73. The van der Waals surface area contributed by atoms with Crippen LogP contribution < -0.4 is 15.8 Å². The average Bonchev–Trinajstić information content (AvgIpc) is 2.44. The van der Waals surface area contributed by atoms with Crippen LogP contribution in [0.15, 0.2) is 30.3 Å². The van der Waals surface area contributed by atoms with Gasteiger partial charge in [0.25, 0.3) is 5.91 Å². The second-order valence-corrected chi connectivity index (χ2v) is 5.56. The number of nitrogen functional groups attached to an aromatic ring is 1. The van der Waals surface area contributed by atoms with Crippen molar-refractivity contribution in [2.45, 2.75) is 27.7 Å². The predicted octanol–water partition coefficient (Wildman–Crippen LogP) is 3.52. The standard InChI is InChI=1S/C18H22N2O2/c1-11-6-5-7-16(14(11)4)22-10-17(21)20-18-12(2)8-15(19)9-13(18)3/h5-9H,10,19H2,1-4H3,(H,20,21). The van der Waals surface area contributed by atoms with E-state index in [0.29, 0.717) is 5.69 Å². The van der Waals surface area contributed by atoms with E-state index in [4.69, 9.17) is 10.5 Å². The van der Waals surface area contributed by atoms with Crippen molar-refractivity contribution in [1.29, 1.82) is 0 Å². The van der Waals surface area contributed by atoms with Crippen molar-refractivity contribution in [3.63, 3.8) is 0 Å². The summed E-state index contributed by atoms with van der Waals surface area (Å²) in [4.78, 5) is 12.1. The molecular formula is C18H22N2O2. The number of anilines is 2. The molecule has 2 aromatic carbocycles. The summed E-state index contributed by atoms with van der Waals surface area (Å²) in [6.07, 6.45) is 0. The van der Waals surface area contributed by atoms with Crippen molar-refractivity contribution in [2.24, 2.45) is 0 Å². The molecular weight excluding hydrogens is 276 g/mol. The Bertz CT molecular complexity index is 685. The molecule has 0 aliphatic heterocycles. The first-order valence-electron chi connectivity index (χ1n) is 7.24. The van der Waals surface area contributed by atoms with Gasteiger partial charge in [0.2, 0.25) is 0 Å². The van der Waals surface area contributed by atoms with E-state index < -0.39 is 0 Å². The molecule has 0 radical (unpaired) electrons. The van der Waals surface area contributed by atoms with Crippen molar-refractivity contribution >= 4 is 17.3 Å². The number of rotatable bonds is 4. The number of hydrogen-bond donors (Lipinski definition) is 2. The van der Waals surface area contributed by atoms with Gasteiger partial charge in [-0.25, -0.2) is 0 Å². The fraction of sp³-hybridized carbons (Fsp3) is 0.278. The molecule has 0 atom stereocenters. The minimum atomic E-state index is -0.183. The van der Waals surface area contributed by atoms with Gasteiger partial charge in [0.15, 0.2) is 6.61 Å². The van der Waals surface area contributed by atoms with Gasteiger partial charge in [-0.15, -0.1) is 0 Å². The smallest absolute Gasteiger partial charge is 0.262 e. The second-order valence-electron chi connectivity index (χ2n) is 5.56. The Morgan fingerprint density at radius 2 is 1.73 bits per heavy atom. The maximum absolute atomic E-state index is 12.1. The van der Waals surface area contributed by atoms with E-state index >= 15 is 0 Å². The fourth-order valence-corrected chi connectivity index (χ4v) is 2.39. The molecule has 0 unspecified atom stereocenters. The van der Waals surface area contributed by atoms with Crippen molar-refractivity contribution in [3.05, 3.63) is 52.6 Å². The number of carbonyl (C=O) groups excluding carboxylic acids is 1. The number of carbonyl (C=O) groups is 1. The van der Waals surface area contributed by atoms with E-state index in [1.807, 2.05) is 58.0 Å². The van der Waals surface area contributed by atoms with E-state index in [1.165, 1.54) is 0 Å². The summed E-state index contributed by atoms with van der Waals surface area (Å²) < 4.78 is 5.62. The van der Waals surface area contributed by atoms with Gasteiger partial charge >= 0.3 is 0 Å². The maximum atomic E-state index is 12.1. The van der Waals surface area contributed by atoms with Gasteiger partial charge in [-0.2, -0.15) is 0 Å². The highest BCUT2D eigenvalue weighted by molar-refractivity contribution is 5.93. The van der Waals surface area contributed by atoms with Gasteiger partial charge in [-0.05, 0) is 68.1 Å². The summed E-state index contributed by atoms with van der Waals surface area (Å²) in [7, 11) is 0. The molecule has 2 aromatic rings. The molecule has 4 heteroatoms. The van der Waals surface area contributed by atoms with Gasteiger partial charge in [0.1, 0.15) is 5.75 Å². The molecule has 1 amide bonds. The monoisotopic (exact) mass is 298 g/mol. The number of hydrogen-bond acceptors (Lipinski definition) is 3. The molecule has 0 saturated carbocycles. The number of benzene rings is 2. The van der Waals surface area contributed by atoms with E-state index in [1.54, 1.807) is 0 Å². The molecule has 116 valence electrons. The lowest BCUT2D eigenvalue weighted by atomic mass is 10.1. The third kappa shape index (κ3) is 3.58. The van der Waals surface area contributed by atoms with Crippen LogP contribution in [0.4, 0.5) is 11.4 Å². The molecule has 22 heavy (non-hydrogen) atoms. The van der Waals surface area contributed by atoms with Crippen LogP contribution in [0, 0.1) is 27.7 Å². The van der Waals surface area contributed by atoms with Crippen LogP contribution in [0.3, 0.4) is 0 Å². The summed E-state index contributed by atoms with van der Waals surface area (Å²) in [5.74, 6) is 0.553. The van der Waals surface area contributed by atoms with Crippen LogP contribution in [0.2, 0.25) is 0 Å². The van der Waals surface area contributed by atoms with Crippen LogP contribution in [0.1, 0.15) is 22.3 Å². The first-order valence-corrected chi connectivity index (χ1v) is 7.24. The second kappa shape index (κ2) is 6.52. The van der Waals surface area contributed by atoms with Gasteiger partial charge in [0, 0.05) is 11.4 Å². The molecule has 2 rings (SSSR count). The Morgan fingerprint density at radius 3 is 2.36 bits per heavy atom. The van der Waals surface area contributed by atoms with Gasteiger partial charge in [-0.1, -0.05) is 12.1 Å². The zero-order chi connectivity index (χ0) is 16.3. The normalized spacial score (nSPS) is 10.4. The molecule has 4 nitrogen and oxygen atoms in total. The van der Waals surface area contributed by atoms with Gasteiger partial charge in [-0.3, -0.25) is 4.79 Å². The van der Waals surface area contributed by atoms with Crippen LogP contribution in [-0.4, -0.2) is 12.5 Å². The SMILES string of the molecule is Cc1cccc(OCC(=O)Nc2c(C)cc(N)cc2C)c1C. The van der Waals surface area contributed by atoms with Gasteiger partial charge < -0.3 is 15.8 Å². The quantitative estimate of drug-likeness (QED) is 0.849. The molecule has 0 heterocycles. The highest BCUT2D eigenvalue weighted by atomic mass is 16.5. The van der Waals surface area contributed by atoms with Crippen molar-refractivity contribution in [2.75, 3.05) is 17.7 Å². The molecule has 0 bridgehead atoms. The van der Waals surface area contributed by atoms with Crippen molar-refractivity contribution in [1.82, 2.24) is 0 Å². The first kappa shape index (κ1) is 15.9. The highest BCUT2D eigenvalue weighted by Crippen LogP contribution is 2.24. The molecule has 0 aromatic heterocycles. The lowest BCUT2D eigenvalue weighted by Crippen LogP contribution is -2.21. The van der Waals surface area contributed by atoms with Crippen molar-refractivity contribution < 1.29 is 9.53 Å². The minimum absolute atomic E-state index is 0.0203. The topological polar surface area (TPSA) is 64.3 Å². The maximum Gasteiger partial charge on any atom is 0.262 e. The van der Waals surface area contributed by atoms with Crippen LogP contribution in [-0.2, 0) is 4.79 Å². The van der Waals surface area contributed by atoms with Crippen LogP contribution in [0.5, 0.6) is 5.75 Å². The summed E-state index contributed by atoms with van der Waals surface area (Å²) >= 11 is 0. The largest absolute Gasteiger partial charge is 0.483 e. The van der Waals surface area contributed by atoms with E-state index in [2.05, 4.69) is 5.32 Å². The molecule has 3 N–H and O–H groups in total. The Morgan fingerprint density at radius 1 is 1.09 bits per heavy atom. The van der Waals surface area contributed by atoms with Crippen LogP contribution in [0.25, 0.3) is 0 Å². The number of nitrogens with two attached hydrogens (primary N) is 1. The average molecular weight is 298 g/mol. The van der Waals surface area contributed by atoms with E-state index in [9.17, 15) is 4.79 Å². The molecule has 0 aliphatic rings. The van der Waals surface area contributed by atoms with E-state index in [-0.39, 0.29) is 12.5 Å². The number of amides is 1. The number of nitrogens with one attached hydrogen (secondary N) is 1. The first-order chi connectivity index (χ1) is 10.4. The molecule has 0 spiro atoms. The Labute approximate surface area is 131 Å². The predicted molar refractivity (Wildman–Crippen MR) is 90.4 cm³/mol. The third-order valence-corrected chi connectivity index (χ3v) is 3.73. The van der Waals surface area contributed by atoms with E-state index in [0.717, 1.165) is 33.7 Å². The van der Waals surface area contributed by atoms with Gasteiger partial charge in [0.05, 0.1) is 0 Å². The van der Waals surface area contributed by atoms with Crippen LogP contribution >= 0.6 is 0 Å².